The van der Waals surface area contributed by atoms with Gasteiger partial charge in [0, 0.05) is 50.7 Å². The van der Waals surface area contributed by atoms with E-state index >= 15 is 0 Å². The normalized spacial score (nSPS) is 24.2. The van der Waals surface area contributed by atoms with Gasteiger partial charge in [-0.25, -0.2) is 4.98 Å². The first-order valence-corrected chi connectivity index (χ1v) is 9.14. The monoisotopic (exact) mass is 342 g/mol. The van der Waals surface area contributed by atoms with Gasteiger partial charge in [-0.3, -0.25) is 9.88 Å². The van der Waals surface area contributed by atoms with Crippen LogP contribution in [0.3, 0.4) is 0 Å². The molecule has 2 aliphatic heterocycles. The third kappa shape index (κ3) is 4.45. The number of imidazole rings is 1. The van der Waals surface area contributed by atoms with E-state index in [1.165, 1.54) is 6.42 Å². The van der Waals surface area contributed by atoms with Crippen LogP contribution in [0.5, 0.6) is 0 Å². The van der Waals surface area contributed by atoms with Crippen LogP contribution >= 0.6 is 0 Å². The van der Waals surface area contributed by atoms with Crippen molar-refractivity contribution in [3.63, 3.8) is 0 Å². The fourth-order valence-corrected chi connectivity index (χ4v) is 3.77. The summed E-state index contributed by atoms with van der Waals surface area (Å²) >= 11 is 0. The van der Waals surface area contributed by atoms with Gasteiger partial charge in [-0.2, -0.15) is 0 Å². The Morgan fingerprint density at radius 3 is 3.00 bits per heavy atom. The first-order valence-electron chi connectivity index (χ1n) is 9.14. The molecular weight excluding hydrogens is 316 g/mol. The molecule has 0 unspecified atom stereocenters. The number of rotatable bonds is 6. The van der Waals surface area contributed by atoms with Crippen molar-refractivity contribution >= 4 is 0 Å². The molecule has 4 rings (SSSR count). The first-order chi connectivity index (χ1) is 12.4. The Hall–Kier alpha value is -1.76. The molecule has 0 spiro atoms. The van der Waals surface area contributed by atoms with Crippen LogP contribution in [0.15, 0.2) is 36.8 Å². The summed E-state index contributed by atoms with van der Waals surface area (Å²) in [5.41, 5.74) is 0.986. The summed E-state index contributed by atoms with van der Waals surface area (Å²) in [6.07, 6.45) is 6.98. The Morgan fingerprint density at radius 1 is 1.16 bits per heavy atom. The number of ether oxygens (including phenoxy) is 2. The predicted octanol–water partition coefficient (Wildman–Crippen LogP) is 1.96. The molecule has 0 amide bonds. The number of fused-ring (bicyclic) bond motifs is 1. The molecule has 2 atom stereocenters. The number of pyridine rings is 1. The summed E-state index contributed by atoms with van der Waals surface area (Å²) in [5, 5.41) is 0. The van der Waals surface area contributed by atoms with E-state index in [9.17, 15) is 0 Å². The minimum Gasteiger partial charge on any atom is -0.381 e. The van der Waals surface area contributed by atoms with Crippen LogP contribution in [0.2, 0.25) is 0 Å². The smallest absolute Gasteiger partial charge is 0.122 e. The number of hydrogen-bond acceptors (Lipinski definition) is 5. The SMILES string of the molecule is c1ccc(COC[C@@H]2CN(C[C@@H]3CCOC3)Cc3nccn3C2)nc1. The van der Waals surface area contributed by atoms with Gasteiger partial charge in [0.1, 0.15) is 5.82 Å². The maximum Gasteiger partial charge on any atom is 0.122 e. The third-order valence-corrected chi connectivity index (χ3v) is 5.01. The van der Waals surface area contributed by atoms with Crippen molar-refractivity contribution in [1.82, 2.24) is 19.4 Å². The van der Waals surface area contributed by atoms with Gasteiger partial charge in [0.05, 0.1) is 32.1 Å². The highest BCUT2D eigenvalue weighted by Crippen LogP contribution is 2.20. The van der Waals surface area contributed by atoms with Crippen molar-refractivity contribution in [2.24, 2.45) is 11.8 Å². The van der Waals surface area contributed by atoms with Crippen molar-refractivity contribution in [1.29, 1.82) is 0 Å². The highest BCUT2D eigenvalue weighted by Gasteiger charge is 2.26. The lowest BCUT2D eigenvalue weighted by Crippen LogP contribution is -2.34. The lowest BCUT2D eigenvalue weighted by Gasteiger charge is -2.25. The molecule has 134 valence electrons. The van der Waals surface area contributed by atoms with Crippen LogP contribution in [-0.2, 0) is 29.2 Å². The second kappa shape index (κ2) is 8.08. The van der Waals surface area contributed by atoms with Gasteiger partial charge in [-0.1, -0.05) is 6.07 Å². The lowest BCUT2D eigenvalue weighted by molar-refractivity contribution is 0.0627. The van der Waals surface area contributed by atoms with E-state index in [2.05, 4.69) is 25.6 Å². The molecule has 0 aliphatic carbocycles. The number of hydrogen-bond donors (Lipinski definition) is 0. The van der Waals surface area contributed by atoms with Crippen LogP contribution < -0.4 is 0 Å². The zero-order valence-electron chi connectivity index (χ0n) is 14.6. The van der Waals surface area contributed by atoms with Crippen LogP contribution in [0.4, 0.5) is 0 Å². The third-order valence-electron chi connectivity index (χ3n) is 5.01. The summed E-state index contributed by atoms with van der Waals surface area (Å²) in [7, 11) is 0. The maximum absolute atomic E-state index is 5.98. The lowest BCUT2D eigenvalue weighted by atomic mass is 10.1. The molecule has 0 N–H and O–H groups in total. The molecule has 4 heterocycles. The van der Waals surface area contributed by atoms with Crippen LogP contribution in [-0.4, -0.2) is 52.3 Å². The molecule has 0 radical (unpaired) electrons. The molecule has 6 heteroatoms. The largest absolute Gasteiger partial charge is 0.381 e. The molecule has 1 saturated heterocycles. The molecule has 1 fully saturated rings. The summed E-state index contributed by atoms with van der Waals surface area (Å²) in [4.78, 5) is 11.4. The van der Waals surface area contributed by atoms with Crippen molar-refractivity contribution in [2.75, 3.05) is 32.9 Å². The van der Waals surface area contributed by atoms with Gasteiger partial charge < -0.3 is 14.0 Å². The van der Waals surface area contributed by atoms with Crippen LogP contribution in [0, 0.1) is 11.8 Å². The highest BCUT2D eigenvalue weighted by atomic mass is 16.5. The maximum atomic E-state index is 5.98. The molecular formula is C19H26N4O2. The second-order valence-corrected chi connectivity index (χ2v) is 7.12. The Labute approximate surface area is 148 Å². The van der Waals surface area contributed by atoms with Crippen LogP contribution in [0.25, 0.3) is 0 Å². The fraction of sp³-hybridized carbons (Fsp3) is 0.579. The van der Waals surface area contributed by atoms with Crippen LogP contribution in [0.1, 0.15) is 17.9 Å². The van der Waals surface area contributed by atoms with Gasteiger partial charge in [0.15, 0.2) is 0 Å². The molecule has 25 heavy (non-hydrogen) atoms. The topological polar surface area (TPSA) is 52.4 Å². The summed E-state index contributed by atoms with van der Waals surface area (Å²) < 4.78 is 13.8. The molecule has 0 saturated carbocycles. The van der Waals surface area contributed by atoms with Crippen molar-refractivity contribution in [3.05, 3.63) is 48.3 Å². The number of aromatic nitrogens is 3. The zero-order chi connectivity index (χ0) is 16.9. The molecule has 6 nitrogen and oxygen atoms in total. The zero-order valence-corrected chi connectivity index (χ0v) is 14.6. The van der Waals surface area contributed by atoms with Gasteiger partial charge in [-0.05, 0) is 24.5 Å². The van der Waals surface area contributed by atoms with E-state index in [1.807, 2.05) is 30.6 Å². The summed E-state index contributed by atoms with van der Waals surface area (Å²) in [6.45, 7) is 7.13. The standard InChI is InChI=1S/C19H26N4O2/c1-2-5-20-18(3-1)15-25-14-17-10-22(9-16-4-8-24-13-16)12-19-21-6-7-23(19)11-17/h1-3,5-7,16-17H,4,8-15H2/t16-,17+/m0/s1. The van der Waals surface area contributed by atoms with E-state index in [-0.39, 0.29) is 0 Å². The molecule has 0 aromatic carbocycles. The summed E-state index contributed by atoms with van der Waals surface area (Å²) in [6, 6.07) is 5.94. The molecule has 0 bridgehead atoms. The minimum absolute atomic E-state index is 0.460. The van der Waals surface area contributed by atoms with E-state index in [0.29, 0.717) is 18.4 Å². The van der Waals surface area contributed by atoms with Crippen molar-refractivity contribution in [3.8, 4) is 0 Å². The molecule has 2 aromatic heterocycles. The van der Waals surface area contributed by atoms with Crippen molar-refractivity contribution in [2.45, 2.75) is 26.1 Å². The second-order valence-electron chi connectivity index (χ2n) is 7.12. The van der Waals surface area contributed by atoms with E-state index in [4.69, 9.17) is 9.47 Å². The highest BCUT2D eigenvalue weighted by molar-refractivity contribution is 5.02. The Balaban J connectivity index is 1.36. The summed E-state index contributed by atoms with van der Waals surface area (Å²) in [5.74, 6) is 2.27. The Morgan fingerprint density at radius 2 is 2.16 bits per heavy atom. The number of nitrogens with zero attached hydrogens (tertiary/aromatic N) is 4. The Bertz CT molecular complexity index is 654. The minimum atomic E-state index is 0.460. The molecule has 2 aliphatic rings. The van der Waals surface area contributed by atoms with E-state index in [0.717, 1.165) is 57.5 Å². The van der Waals surface area contributed by atoms with Crippen molar-refractivity contribution < 1.29 is 9.47 Å². The molecule has 2 aromatic rings. The fourth-order valence-electron chi connectivity index (χ4n) is 3.77. The van der Waals surface area contributed by atoms with Gasteiger partial charge in [0.2, 0.25) is 0 Å². The first kappa shape index (κ1) is 16.7. The predicted molar refractivity (Wildman–Crippen MR) is 93.8 cm³/mol. The Kier molecular flexibility index (Phi) is 5.40. The quantitative estimate of drug-likeness (QED) is 0.803. The van der Waals surface area contributed by atoms with E-state index in [1.54, 1.807) is 0 Å². The van der Waals surface area contributed by atoms with Gasteiger partial charge in [-0.15, -0.1) is 0 Å². The van der Waals surface area contributed by atoms with Gasteiger partial charge in [0.25, 0.3) is 0 Å². The van der Waals surface area contributed by atoms with E-state index < -0.39 is 0 Å². The average Bonchev–Trinajstić information content (AvgIpc) is 3.25. The van der Waals surface area contributed by atoms with Gasteiger partial charge >= 0.3 is 0 Å². The average molecular weight is 342 g/mol.